The summed E-state index contributed by atoms with van der Waals surface area (Å²) in [6.07, 6.45) is -4.36. The van der Waals surface area contributed by atoms with Gasteiger partial charge in [0.2, 0.25) is 0 Å². The van der Waals surface area contributed by atoms with Crippen molar-refractivity contribution in [3.63, 3.8) is 0 Å². The van der Waals surface area contributed by atoms with Crippen LogP contribution in [0, 0.1) is 0 Å². The zero-order valence-corrected chi connectivity index (χ0v) is 10.7. The molecule has 0 radical (unpaired) electrons. The highest BCUT2D eigenvalue weighted by molar-refractivity contribution is 5.68. The smallest absolute Gasteiger partial charge is 0.380 e. The predicted molar refractivity (Wildman–Crippen MR) is 75.4 cm³/mol. The van der Waals surface area contributed by atoms with Crippen LogP contribution < -0.4 is 5.32 Å². The fraction of sp³-hybridized carbons (Fsp3) is 0.125. The number of alkyl halides is 3. The Bertz CT molecular complexity index is 588. The summed E-state index contributed by atoms with van der Waals surface area (Å²) in [5.74, 6) is 0. The highest BCUT2D eigenvalue weighted by Crippen LogP contribution is 2.34. The SMILES string of the molecule is C=C(CNc1ccccc1C(F)(F)F)c1ccccc1. The number of hydrogen-bond acceptors (Lipinski definition) is 1. The van der Waals surface area contributed by atoms with Gasteiger partial charge in [0.05, 0.1) is 5.56 Å². The van der Waals surface area contributed by atoms with Crippen LogP contribution in [0.15, 0.2) is 61.2 Å². The average molecular weight is 277 g/mol. The molecule has 0 saturated carbocycles. The van der Waals surface area contributed by atoms with E-state index in [1.54, 1.807) is 6.07 Å². The lowest BCUT2D eigenvalue weighted by Gasteiger charge is -2.15. The van der Waals surface area contributed by atoms with Gasteiger partial charge in [-0.2, -0.15) is 13.2 Å². The Morgan fingerprint density at radius 2 is 1.55 bits per heavy atom. The lowest BCUT2D eigenvalue weighted by Crippen LogP contribution is -2.12. The summed E-state index contributed by atoms with van der Waals surface area (Å²) in [4.78, 5) is 0. The molecule has 0 aliphatic carbocycles. The van der Waals surface area contributed by atoms with Gasteiger partial charge in [-0.05, 0) is 23.3 Å². The Kier molecular flexibility index (Phi) is 4.13. The molecule has 0 saturated heterocycles. The quantitative estimate of drug-likeness (QED) is 0.844. The molecule has 104 valence electrons. The number of nitrogens with one attached hydrogen (secondary N) is 1. The van der Waals surface area contributed by atoms with Gasteiger partial charge in [0.25, 0.3) is 0 Å². The molecule has 0 atom stereocenters. The van der Waals surface area contributed by atoms with Crippen LogP contribution in [0.2, 0.25) is 0 Å². The van der Waals surface area contributed by atoms with Crippen molar-refractivity contribution in [2.75, 3.05) is 11.9 Å². The van der Waals surface area contributed by atoms with Crippen LogP contribution >= 0.6 is 0 Å². The van der Waals surface area contributed by atoms with Crippen molar-refractivity contribution in [3.8, 4) is 0 Å². The molecule has 0 aliphatic heterocycles. The fourth-order valence-electron chi connectivity index (χ4n) is 1.86. The first-order valence-corrected chi connectivity index (χ1v) is 6.12. The minimum absolute atomic E-state index is 0.0667. The van der Waals surface area contributed by atoms with Crippen LogP contribution in [0.1, 0.15) is 11.1 Å². The summed E-state index contributed by atoms with van der Waals surface area (Å²) < 4.78 is 38.5. The summed E-state index contributed by atoms with van der Waals surface area (Å²) in [6, 6.07) is 14.8. The fourth-order valence-corrected chi connectivity index (χ4v) is 1.86. The van der Waals surface area contributed by atoms with E-state index in [4.69, 9.17) is 0 Å². The van der Waals surface area contributed by atoms with Crippen molar-refractivity contribution < 1.29 is 13.2 Å². The van der Waals surface area contributed by atoms with Crippen LogP contribution in [0.4, 0.5) is 18.9 Å². The largest absolute Gasteiger partial charge is 0.418 e. The number of halogens is 3. The first kappa shape index (κ1) is 14.2. The molecule has 1 N–H and O–H groups in total. The van der Waals surface area contributed by atoms with Crippen molar-refractivity contribution in [1.29, 1.82) is 0 Å². The Morgan fingerprint density at radius 3 is 2.20 bits per heavy atom. The van der Waals surface area contributed by atoms with E-state index in [1.807, 2.05) is 30.3 Å². The third-order valence-corrected chi connectivity index (χ3v) is 2.91. The first-order valence-electron chi connectivity index (χ1n) is 6.12. The number of para-hydroxylation sites is 1. The maximum atomic E-state index is 12.8. The van der Waals surface area contributed by atoms with E-state index in [0.717, 1.165) is 17.2 Å². The van der Waals surface area contributed by atoms with Crippen LogP contribution in [0.25, 0.3) is 5.57 Å². The molecule has 1 nitrogen and oxygen atoms in total. The molecule has 4 heteroatoms. The van der Waals surface area contributed by atoms with Crippen LogP contribution in [0.5, 0.6) is 0 Å². The van der Waals surface area contributed by atoms with E-state index in [2.05, 4.69) is 11.9 Å². The minimum Gasteiger partial charge on any atom is -0.380 e. The van der Waals surface area contributed by atoms with Gasteiger partial charge >= 0.3 is 6.18 Å². The second-order valence-electron chi connectivity index (χ2n) is 4.37. The van der Waals surface area contributed by atoms with Crippen LogP contribution in [0.3, 0.4) is 0 Å². The van der Waals surface area contributed by atoms with E-state index in [-0.39, 0.29) is 12.2 Å². The van der Waals surface area contributed by atoms with Crippen molar-refractivity contribution in [2.24, 2.45) is 0 Å². The molecule has 0 aromatic heterocycles. The molecule has 2 aromatic rings. The average Bonchev–Trinajstić information content (AvgIpc) is 2.45. The van der Waals surface area contributed by atoms with E-state index < -0.39 is 11.7 Å². The highest BCUT2D eigenvalue weighted by Gasteiger charge is 2.32. The molecular formula is C16H14F3N. The Morgan fingerprint density at radius 1 is 0.950 bits per heavy atom. The van der Waals surface area contributed by atoms with Gasteiger partial charge in [-0.25, -0.2) is 0 Å². The Labute approximate surface area is 115 Å². The molecule has 0 aliphatic rings. The van der Waals surface area contributed by atoms with Gasteiger partial charge in [0.15, 0.2) is 0 Å². The zero-order valence-electron chi connectivity index (χ0n) is 10.7. The highest BCUT2D eigenvalue weighted by atomic mass is 19.4. The lowest BCUT2D eigenvalue weighted by molar-refractivity contribution is -0.136. The third-order valence-electron chi connectivity index (χ3n) is 2.91. The summed E-state index contributed by atoms with van der Waals surface area (Å²) in [5.41, 5.74) is 1.05. The number of benzene rings is 2. The van der Waals surface area contributed by atoms with E-state index >= 15 is 0 Å². The van der Waals surface area contributed by atoms with E-state index in [1.165, 1.54) is 12.1 Å². The second-order valence-corrected chi connectivity index (χ2v) is 4.37. The summed E-state index contributed by atoms with van der Waals surface area (Å²) >= 11 is 0. The van der Waals surface area contributed by atoms with Gasteiger partial charge < -0.3 is 5.32 Å². The molecule has 0 heterocycles. The zero-order chi connectivity index (χ0) is 14.6. The van der Waals surface area contributed by atoms with Crippen LogP contribution in [-0.2, 0) is 6.18 Å². The van der Waals surface area contributed by atoms with Crippen molar-refractivity contribution >= 4 is 11.3 Å². The monoisotopic (exact) mass is 277 g/mol. The van der Waals surface area contributed by atoms with Crippen molar-refractivity contribution in [3.05, 3.63) is 72.3 Å². The third kappa shape index (κ3) is 3.41. The maximum Gasteiger partial charge on any atom is 0.418 e. The number of anilines is 1. The van der Waals surface area contributed by atoms with Gasteiger partial charge in [0.1, 0.15) is 0 Å². The molecule has 0 unspecified atom stereocenters. The predicted octanol–water partition coefficient (Wildman–Crippen LogP) is 4.83. The van der Waals surface area contributed by atoms with Gasteiger partial charge in [-0.1, -0.05) is 49.0 Å². The van der Waals surface area contributed by atoms with Gasteiger partial charge in [0, 0.05) is 12.2 Å². The summed E-state index contributed by atoms with van der Waals surface area (Å²) in [6.45, 7) is 4.15. The standard InChI is InChI=1S/C16H14F3N/c1-12(13-7-3-2-4-8-13)11-20-15-10-6-5-9-14(15)16(17,18)19/h2-10,20H,1,11H2. The number of hydrogen-bond donors (Lipinski definition) is 1. The van der Waals surface area contributed by atoms with Crippen LogP contribution in [-0.4, -0.2) is 6.54 Å². The maximum absolute atomic E-state index is 12.8. The molecule has 0 fully saturated rings. The minimum atomic E-state index is -4.36. The topological polar surface area (TPSA) is 12.0 Å². The normalized spacial score (nSPS) is 11.2. The van der Waals surface area contributed by atoms with Crippen molar-refractivity contribution in [2.45, 2.75) is 6.18 Å². The number of rotatable bonds is 4. The Balaban J connectivity index is 2.11. The second kappa shape index (κ2) is 5.82. The molecule has 0 spiro atoms. The molecule has 2 rings (SSSR count). The molecule has 2 aromatic carbocycles. The summed E-state index contributed by atoms with van der Waals surface area (Å²) in [7, 11) is 0. The summed E-state index contributed by atoms with van der Waals surface area (Å²) in [5, 5.41) is 2.80. The molecule has 0 amide bonds. The van der Waals surface area contributed by atoms with Gasteiger partial charge in [-0.15, -0.1) is 0 Å². The lowest BCUT2D eigenvalue weighted by atomic mass is 10.1. The molecule has 20 heavy (non-hydrogen) atoms. The van der Waals surface area contributed by atoms with Gasteiger partial charge in [-0.3, -0.25) is 0 Å². The van der Waals surface area contributed by atoms with Crippen molar-refractivity contribution in [1.82, 2.24) is 0 Å². The first-order chi connectivity index (χ1) is 9.48. The molecule has 0 bridgehead atoms. The molecular weight excluding hydrogens is 263 g/mol. The van der Waals surface area contributed by atoms with E-state index in [9.17, 15) is 13.2 Å². The van der Waals surface area contributed by atoms with E-state index in [0.29, 0.717) is 0 Å². The Hall–Kier alpha value is -2.23.